The summed E-state index contributed by atoms with van der Waals surface area (Å²) >= 11 is 5.90. The Labute approximate surface area is 141 Å². The molecule has 3 rings (SSSR count). The van der Waals surface area contributed by atoms with E-state index in [2.05, 4.69) is 50.1 Å². The van der Waals surface area contributed by atoms with Gasteiger partial charge in [0, 0.05) is 56.9 Å². The second kappa shape index (κ2) is 6.58. The predicted octanol–water partition coefficient (Wildman–Crippen LogP) is 2.06. The van der Waals surface area contributed by atoms with Crippen LogP contribution in [-0.2, 0) is 0 Å². The average Bonchev–Trinajstić information content (AvgIpc) is 3.22. The van der Waals surface area contributed by atoms with Crippen LogP contribution in [0.25, 0.3) is 0 Å². The first-order valence-electron chi connectivity index (χ1n) is 7.67. The number of aromatic nitrogens is 2. The highest BCUT2D eigenvalue weighted by atomic mass is 35.5. The second-order valence-corrected chi connectivity index (χ2v) is 6.07. The lowest BCUT2D eigenvalue weighted by Gasteiger charge is -2.27. The molecule has 2 aliphatic heterocycles. The fourth-order valence-corrected chi connectivity index (χ4v) is 3.22. The third kappa shape index (κ3) is 3.17. The number of nitrogens with zero attached hydrogens (tertiary/aromatic N) is 5. The Kier molecular flexibility index (Phi) is 4.52. The Morgan fingerprint density at radius 3 is 3.09 bits per heavy atom. The van der Waals surface area contributed by atoms with Crippen LogP contribution in [0, 0.1) is 0 Å². The molecule has 1 aromatic heterocycles. The SMILES string of the molecule is CN=C1NC=C/C1=C(/C)N1CC[C@@H](N(C)c2ccnc(Cl)n2)C1. The Morgan fingerprint density at radius 2 is 2.35 bits per heavy atom. The Hall–Kier alpha value is -2.08. The zero-order chi connectivity index (χ0) is 16.4. The van der Waals surface area contributed by atoms with Crippen LogP contribution in [0.5, 0.6) is 0 Å². The van der Waals surface area contributed by atoms with Gasteiger partial charge in [-0.05, 0) is 37.1 Å². The van der Waals surface area contributed by atoms with Crippen molar-refractivity contribution in [1.29, 1.82) is 0 Å². The first-order chi connectivity index (χ1) is 11.1. The monoisotopic (exact) mass is 332 g/mol. The van der Waals surface area contributed by atoms with Crippen LogP contribution in [0.2, 0.25) is 5.28 Å². The maximum atomic E-state index is 5.90. The standard InChI is InChI=1S/C16H21ClN6/c1-11(13-4-7-19-15(13)18-2)23-9-6-12(10-23)22(3)14-5-8-20-16(17)21-14/h4-5,7-8,12H,6,9-10H2,1-3H3,(H,18,19)/b13-11+/t12-/m1/s1. The lowest BCUT2D eigenvalue weighted by Crippen LogP contribution is -2.35. The molecule has 6 nitrogen and oxygen atoms in total. The minimum atomic E-state index is 0.286. The number of likely N-dealkylation sites (tertiary alicyclic amines) is 1. The number of allylic oxidation sites excluding steroid dienone is 1. The molecule has 2 aliphatic rings. The molecule has 0 aromatic carbocycles. The first kappa shape index (κ1) is 15.8. The molecule has 0 radical (unpaired) electrons. The van der Waals surface area contributed by atoms with E-state index in [1.165, 1.54) is 11.3 Å². The van der Waals surface area contributed by atoms with Crippen molar-refractivity contribution in [2.45, 2.75) is 19.4 Å². The lowest BCUT2D eigenvalue weighted by atomic mass is 10.2. The summed E-state index contributed by atoms with van der Waals surface area (Å²) in [6.45, 7) is 4.13. The highest BCUT2D eigenvalue weighted by Gasteiger charge is 2.28. The molecule has 0 aliphatic carbocycles. The number of nitrogens with one attached hydrogen (secondary N) is 1. The number of hydrogen-bond donors (Lipinski definition) is 1. The van der Waals surface area contributed by atoms with E-state index in [9.17, 15) is 0 Å². The number of amidine groups is 1. The lowest BCUT2D eigenvalue weighted by molar-refractivity contribution is 0.417. The summed E-state index contributed by atoms with van der Waals surface area (Å²) in [7, 11) is 3.87. The van der Waals surface area contributed by atoms with E-state index in [1.807, 2.05) is 19.3 Å². The molecule has 0 saturated carbocycles. The van der Waals surface area contributed by atoms with E-state index in [0.717, 1.165) is 31.2 Å². The molecule has 122 valence electrons. The highest BCUT2D eigenvalue weighted by molar-refractivity contribution is 6.28. The highest BCUT2D eigenvalue weighted by Crippen LogP contribution is 2.25. The topological polar surface area (TPSA) is 56.7 Å². The van der Waals surface area contributed by atoms with E-state index in [-0.39, 0.29) is 5.28 Å². The minimum Gasteiger partial charge on any atom is -0.372 e. The number of hydrogen-bond acceptors (Lipinski definition) is 5. The number of likely N-dealkylation sites (N-methyl/N-ethyl adjacent to an activating group) is 1. The number of rotatable bonds is 3. The van der Waals surface area contributed by atoms with Gasteiger partial charge in [0.1, 0.15) is 11.7 Å². The normalized spacial score (nSPS) is 24.3. The van der Waals surface area contributed by atoms with Gasteiger partial charge in [-0.2, -0.15) is 0 Å². The average molecular weight is 333 g/mol. The van der Waals surface area contributed by atoms with Gasteiger partial charge < -0.3 is 15.1 Å². The Balaban J connectivity index is 1.73. The smallest absolute Gasteiger partial charge is 0.224 e. The summed E-state index contributed by atoms with van der Waals surface area (Å²) in [6.07, 6.45) is 6.79. The molecule has 3 heterocycles. The largest absolute Gasteiger partial charge is 0.372 e. The van der Waals surface area contributed by atoms with Crippen molar-refractivity contribution in [3.63, 3.8) is 0 Å². The van der Waals surface area contributed by atoms with Gasteiger partial charge in [-0.1, -0.05) is 0 Å². The summed E-state index contributed by atoms with van der Waals surface area (Å²) in [5, 5.41) is 3.46. The van der Waals surface area contributed by atoms with Gasteiger partial charge >= 0.3 is 0 Å². The molecule has 7 heteroatoms. The third-order valence-corrected chi connectivity index (χ3v) is 4.68. The molecule has 1 N–H and O–H groups in total. The van der Waals surface area contributed by atoms with Crippen LogP contribution in [0.1, 0.15) is 13.3 Å². The first-order valence-corrected chi connectivity index (χ1v) is 8.05. The molecular weight excluding hydrogens is 312 g/mol. The van der Waals surface area contributed by atoms with Crippen LogP contribution in [0.4, 0.5) is 5.82 Å². The molecule has 0 amide bonds. The summed E-state index contributed by atoms with van der Waals surface area (Å²) in [5.41, 5.74) is 2.42. The van der Waals surface area contributed by atoms with Gasteiger partial charge in [0.25, 0.3) is 0 Å². The molecule has 1 saturated heterocycles. The van der Waals surface area contributed by atoms with Crippen LogP contribution in [0.3, 0.4) is 0 Å². The zero-order valence-corrected chi connectivity index (χ0v) is 14.4. The van der Waals surface area contributed by atoms with Crippen LogP contribution < -0.4 is 10.2 Å². The van der Waals surface area contributed by atoms with Crippen molar-refractivity contribution >= 4 is 23.3 Å². The maximum Gasteiger partial charge on any atom is 0.224 e. The van der Waals surface area contributed by atoms with Crippen molar-refractivity contribution < 1.29 is 0 Å². The molecular formula is C16H21ClN6. The molecule has 0 unspecified atom stereocenters. The van der Waals surface area contributed by atoms with E-state index in [4.69, 9.17) is 11.6 Å². The van der Waals surface area contributed by atoms with Crippen molar-refractivity contribution in [2.24, 2.45) is 4.99 Å². The van der Waals surface area contributed by atoms with E-state index in [1.54, 1.807) is 6.20 Å². The van der Waals surface area contributed by atoms with Crippen molar-refractivity contribution in [3.05, 3.63) is 41.1 Å². The van der Waals surface area contributed by atoms with E-state index >= 15 is 0 Å². The van der Waals surface area contributed by atoms with Gasteiger partial charge in [0.2, 0.25) is 5.28 Å². The van der Waals surface area contributed by atoms with Gasteiger partial charge in [0.05, 0.1) is 0 Å². The quantitative estimate of drug-likeness (QED) is 0.859. The van der Waals surface area contributed by atoms with Gasteiger partial charge in [0.15, 0.2) is 0 Å². The number of halogens is 1. The predicted molar refractivity (Wildman–Crippen MR) is 93.8 cm³/mol. The van der Waals surface area contributed by atoms with Crippen LogP contribution >= 0.6 is 11.6 Å². The van der Waals surface area contributed by atoms with Crippen molar-refractivity contribution in [3.8, 4) is 0 Å². The maximum absolute atomic E-state index is 5.90. The van der Waals surface area contributed by atoms with Crippen molar-refractivity contribution in [1.82, 2.24) is 20.2 Å². The fraction of sp³-hybridized carbons (Fsp3) is 0.438. The van der Waals surface area contributed by atoms with E-state index < -0.39 is 0 Å². The molecule has 0 bridgehead atoms. The van der Waals surface area contributed by atoms with Gasteiger partial charge in [-0.25, -0.2) is 9.97 Å². The number of aliphatic imine (C=N–C) groups is 1. The van der Waals surface area contributed by atoms with Crippen LogP contribution in [0.15, 0.2) is 40.8 Å². The summed E-state index contributed by atoms with van der Waals surface area (Å²) in [4.78, 5) is 17.1. The van der Waals surface area contributed by atoms with E-state index in [0.29, 0.717) is 6.04 Å². The second-order valence-electron chi connectivity index (χ2n) is 5.73. The number of anilines is 1. The minimum absolute atomic E-state index is 0.286. The van der Waals surface area contributed by atoms with Crippen molar-refractivity contribution in [2.75, 3.05) is 32.1 Å². The third-order valence-electron chi connectivity index (χ3n) is 4.50. The molecule has 1 aromatic rings. The van der Waals surface area contributed by atoms with Gasteiger partial charge in [-0.3, -0.25) is 4.99 Å². The summed E-state index contributed by atoms with van der Waals surface area (Å²) < 4.78 is 0. The molecule has 1 atom stereocenters. The molecule has 0 spiro atoms. The summed E-state index contributed by atoms with van der Waals surface area (Å²) in [6, 6.07) is 2.29. The molecule has 1 fully saturated rings. The van der Waals surface area contributed by atoms with Crippen LogP contribution in [-0.4, -0.2) is 53.9 Å². The van der Waals surface area contributed by atoms with Gasteiger partial charge in [-0.15, -0.1) is 0 Å². The fourth-order valence-electron chi connectivity index (χ4n) is 3.08. The Morgan fingerprint density at radius 1 is 1.52 bits per heavy atom. The molecule has 23 heavy (non-hydrogen) atoms. The Bertz CT molecular complexity index is 681. The zero-order valence-electron chi connectivity index (χ0n) is 13.6. The summed E-state index contributed by atoms with van der Waals surface area (Å²) in [5.74, 6) is 1.79.